The molecule has 1 fully saturated rings. The van der Waals surface area contributed by atoms with Crippen molar-refractivity contribution in [3.05, 3.63) is 48.4 Å². The molecule has 3 heterocycles. The van der Waals surface area contributed by atoms with Crippen LogP contribution in [0.2, 0.25) is 0 Å². The van der Waals surface area contributed by atoms with Crippen molar-refractivity contribution in [2.45, 2.75) is 20.3 Å². The largest absolute Gasteiger partial charge is 0.384 e. The zero-order chi connectivity index (χ0) is 18.4. The number of rotatable bonds is 6. The highest BCUT2D eigenvalue weighted by Crippen LogP contribution is 2.15. The van der Waals surface area contributed by atoms with E-state index in [1.165, 1.54) is 0 Å². The molecule has 6 nitrogen and oxygen atoms in total. The van der Waals surface area contributed by atoms with Crippen molar-refractivity contribution in [2.75, 3.05) is 42.9 Å². The van der Waals surface area contributed by atoms with Gasteiger partial charge in [0.05, 0.1) is 11.9 Å². The fourth-order valence-corrected chi connectivity index (χ4v) is 2.97. The minimum absolute atomic E-state index is 0.000554. The van der Waals surface area contributed by atoms with Gasteiger partial charge in [0.25, 0.3) is 5.91 Å². The number of pyridine rings is 2. The predicted molar refractivity (Wildman–Crippen MR) is 105 cm³/mol. The summed E-state index contributed by atoms with van der Waals surface area (Å²) >= 11 is 0. The van der Waals surface area contributed by atoms with Gasteiger partial charge in [0.2, 0.25) is 0 Å². The summed E-state index contributed by atoms with van der Waals surface area (Å²) in [7, 11) is 0. The lowest BCUT2D eigenvalue weighted by atomic mass is 10.1. The second-order valence-electron chi connectivity index (χ2n) is 7.01. The standard InChI is InChI=1S/C20H27N5O/c1-16(2)8-10-21-17-6-7-18(23-15-17)20(26)25-13-11-24(12-14-25)19-5-3-4-9-22-19/h3-7,9,15-16,21H,8,10-14H2,1-2H3. The molecular formula is C20H27N5O. The highest BCUT2D eigenvalue weighted by atomic mass is 16.2. The number of nitrogens with one attached hydrogen (secondary N) is 1. The number of amides is 1. The number of hydrogen-bond donors (Lipinski definition) is 1. The molecule has 1 aliphatic rings. The lowest BCUT2D eigenvalue weighted by Gasteiger charge is -2.35. The average Bonchev–Trinajstić information content (AvgIpc) is 2.68. The Labute approximate surface area is 155 Å². The Morgan fingerprint density at radius 3 is 2.54 bits per heavy atom. The molecule has 1 aliphatic heterocycles. The first-order chi connectivity index (χ1) is 12.6. The molecule has 3 rings (SSSR count). The van der Waals surface area contributed by atoms with Crippen molar-refractivity contribution in [1.82, 2.24) is 14.9 Å². The van der Waals surface area contributed by atoms with E-state index in [9.17, 15) is 4.79 Å². The summed E-state index contributed by atoms with van der Waals surface area (Å²) in [6.07, 6.45) is 4.66. The van der Waals surface area contributed by atoms with Crippen LogP contribution in [-0.2, 0) is 0 Å². The Balaban J connectivity index is 1.52. The van der Waals surface area contributed by atoms with E-state index in [1.807, 2.05) is 35.2 Å². The van der Waals surface area contributed by atoms with Gasteiger partial charge in [-0.1, -0.05) is 19.9 Å². The Morgan fingerprint density at radius 1 is 1.12 bits per heavy atom. The third-order valence-electron chi connectivity index (χ3n) is 4.57. The van der Waals surface area contributed by atoms with Crippen LogP contribution in [0.15, 0.2) is 42.7 Å². The third-order valence-corrected chi connectivity index (χ3v) is 4.57. The van der Waals surface area contributed by atoms with E-state index >= 15 is 0 Å². The van der Waals surface area contributed by atoms with Gasteiger partial charge < -0.3 is 15.1 Å². The van der Waals surface area contributed by atoms with Crippen molar-refractivity contribution in [2.24, 2.45) is 5.92 Å². The number of aromatic nitrogens is 2. The third kappa shape index (κ3) is 4.71. The summed E-state index contributed by atoms with van der Waals surface area (Å²) in [5.41, 5.74) is 1.47. The van der Waals surface area contributed by atoms with Crippen LogP contribution >= 0.6 is 0 Å². The van der Waals surface area contributed by atoms with E-state index in [2.05, 4.69) is 34.0 Å². The second kappa shape index (κ2) is 8.65. The van der Waals surface area contributed by atoms with Crippen LogP contribution < -0.4 is 10.2 Å². The minimum atomic E-state index is -0.000554. The summed E-state index contributed by atoms with van der Waals surface area (Å²) in [6.45, 7) is 8.28. The maximum absolute atomic E-state index is 12.7. The number of carbonyl (C=O) groups is 1. The molecule has 0 bridgehead atoms. The monoisotopic (exact) mass is 353 g/mol. The van der Waals surface area contributed by atoms with E-state index in [4.69, 9.17) is 0 Å². The average molecular weight is 353 g/mol. The molecule has 1 amide bonds. The maximum atomic E-state index is 12.7. The Morgan fingerprint density at radius 2 is 1.92 bits per heavy atom. The van der Waals surface area contributed by atoms with Crippen molar-refractivity contribution in [3.8, 4) is 0 Å². The summed E-state index contributed by atoms with van der Waals surface area (Å²) in [6, 6.07) is 9.65. The van der Waals surface area contributed by atoms with Gasteiger partial charge in [-0.15, -0.1) is 0 Å². The minimum Gasteiger partial charge on any atom is -0.384 e. The number of nitrogens with zero attached hydrogens (tertiary/aromatic N) is 4. The number of piperazine rings is 1. The Kier molecular flexibility index (Phi) is 6.04. The summed E-state index contributed by atoms with van der Waals surface area (Å²) in [5, 5.41) is 3.34. The highest BCUT2D eigenvalue weighted by Gasteiger charge is 2.23. The second-order valence-corrected chi connectivity index (χ2v) is 7.01. The molecule has 0 aliphatic carbocycles. The van der Waals surface area contributed by atoms with Gasteiger partial charge in [0, 0.05) is 38.9 Å². The van der Waals surface area contributed by atoms with Crippen LogP contribution in [0.5, 0.6) is 0 Å². The van der Waals surface area contributed by atoms with Crippen molar-refractivity contribution in [1.29, 1.82) is 0 Å². The van der Waals surface area contributed by atoms with Gasteiger partial charge >= 0.3 is 0 Å². The van der Waals surface area contributed by atoms with E-state index in [0.29, 0.717) is 24.7 Å². The molecule has 0 spiro atoms. The van der Waals surface area contributed by atoms with Crippen LogP contribution in [0.25, 0.3) is 0 Å². The molecule has 1 saturated heterocycles. The number of hydrogen-bond acceptors (Lipinski definition) is 5. The van der Waals surface area contributed by atoms with Crippen LogP contribution in [0.3, 0.4) is 0 Å². The SMILES string of the molecule is CC(C)CCNc1ccc(C(=O)N2CCN(c3ccccn3)CC2)nc1. The van der Waals surface area contributed by atoms with E-state index in [0.717, 1.165) is 37.6 Å². The van der Waals surface area contributed by atoms with Crippen LogP contribution in [0.4, 0.5) is 11.5 Å². The van der Waals surface area contributed by atoms with Gasteiger partial charge in [-0.3, -0.25) is 4.79 Å². The summed E-state index contributed by atoms with van der Waals surface area (Å²) in [5.74, 6) is 1.63. The molecule has 2 aromatic rings. The zero-order valence-corrected chi connectivity index (χ0v) is 15.6. The molecule has 0 unspecified atom stereocenters. The highest BCUT2D eigenvalue weighted by molar-refractivity contribution is 5.92. The van der Waals surface area contributed by atoms with Crippen molar-refractivity contribution in [3.63, 3.8) is 0 Å². The lowest BCUT2D eigenvalue weighted by Crippen LogP contribution is -2.49. The molecule has 0 saturated carbocycles. The molecule has 0 atom stereocenters. The van der Waals surface area contributed by atoms with Gasteiger partial charge in [-0.2, -0.15) is 0 Å². The summed E-state index contributed by atoms with van der Waals surface area (Å²) in [4.78, 5) is 25.5. The number of carbonyl (C=O) groups excluding carboxylic acids is 1. The first-order valence-corrected chi connectivity index (χ1v) is 9.28. The quantitative estimate of drug-likeness (QED) is 0.865. The zero-order valence-electron chi connectivity index (χ0n) is 15.6. The molecule has 2 aromatic heterocycles. The first kappa shape index (κ1) is 18.2. The molecule has 26 heavy (non-hydrogen) atoms. The molecule has 1 N–H and O–H groups in total. The van der Waals surface area contributed by atoms with E-state index in [1.54, 1.807) is 12.4 Å². The smallest absolute Gasteiger partial charge is 0.272 e. The van der Waals surface area contributed by atoms with Crippen LogP contribution in [0.1, 0.15) is 30.8 Å². The van der Waals surface area contributed by atoms with Crippen molar-refractivity contribution < 1.29 is 4.79 Å². The van der Waals surface area contributed by atoms with Crippen LogP contribution in [-0.4, -0.2) is 53.5 Å². The van der Waals surface area contributed by atoms with Crippen LogP contribution in [0, 0.1) is 5.92 Å². The lowest BCUT2D eigenvalue weighted by molar-refractivity contribution is 0.0740. The summed E-state index contributed by atoms with van der Waals surface area (Å²) < 4.78 is 0. The van der Waals surface area contributed by atoms with Crippen molar-refractivity contribution >= 4 is 17.4 Å². The molecule has 6 heteroatoms. The van der Waals surface area contributed by atoms with Gasteiger partial charge in [0.1, 0.15) is 11.5 Å². The van der Waals surface area contributed by atoms with E-state index < -0.39 is 0 Å². The number of anilines is 2. The Hall–Kier alpha value is -2.63. The maximum Gasteiger partial charge on any atom is 0.272 e. The van der Waals surface area contributed by atoms with Gasteiger partial charge in [-0.05, 0) is 36.6 Å². The molecule has 0 aromatic carbocycles. The van der Waals surface area contributed by atoms with Gasteiger partial charge in [0.15, 0.2) is 0 Å². The fraction of sp³-hybridized carbons (Fsp3) is 0.450. The van der Waals surface area contributed by atoms with Gasteiger partial charge in [-0.25, -0.2) is 9.97 Å². The molecule has 138 valence electrons. The molecular weight excluding hydrogens is 326 g/mol. The molecule has 0 radical (unpaired) electrons. The first-order valence-electron chi connectivity index (χ1n) is 9.28. The fourth-order valence-electron chi connectivity index (χ4n) is 2.97. The topological polar surface area (TPSA) is 61.4 Å². The normalized spacial score (nSPS) is 14.6. The predicted octanol–water partition coefficient (Wildman–Crippen LogP) is 2.90. The van der Waals surface area contributed by atoms with E-state index in [-0.39, 0.29) is 5.91 Å². The Bertz CT molecular complexity index is 694.